The number of para-hydroxylation sites is 1. The predicted molar refractivity (Wildman–Crippen MR) is 71.2 cm³/mol. The maximum Gasteiger partial charge on any atom is 0.411 e. The molecule has 0 bridgehead atoms. The molecule has 0 saturated carbocycles. The molecule has 1 rings (SSSR count). The molecule has 116 valence electrons. The predicted octanol–water partition coefficient (Wildman–Crippen LogP) is 3.05. The van der Waals surface area contributed by atoms with Crippen molar-refractivity contribution in [2.45, 2.75) is 12.6 Å². The minimum atomic E-state index is -4.45. The van der Waals surface area contributed by atoms with E-state index in [9.17, 15) is 22.8 Å². The zero-order chi connectivity index (χ0) is 16.0. The average Bonchev–Trinajstić information content (AvgIpc) is 2.35. The van der Waals surface area contributed by atoms with Crippen molar-refractivity contribution in [2.75, 3.05) is 18.5 Å². The molecule has 0 heterocycles. The van der Waals surface area contributed by atoms with E-state index in [-0.39, 0.29) is 17.7 Å². The number of hydrogen-bond acceptors (Lipinski definition) is 3. The van der Waals surface area contributed by atoms with Crippen molar-refractivity contribution in [3.05, 3.63) is 28.2 Å². The summed E-state index contributed by atoms with van der Waals surface area (Å²) in [4.78, 5) is 22.6. The second kappa shape index (κ2) is 7.41. The lowest BCUT2D eigenvalue weighted by Gasteiger charge is -2.11. The zero-order valence-corrected chi connectivity index (χ0v) is 12.1. The maximum atomic E-state index is 11.8. The van der Waals surface area contributed by atoms with Gasteiger partial charge in [0, 0.05) is 4.47 Å². The first kappa shape index (κ1) is 17.4. The van der Waals surface area contributed by atoms with Crippen LogP contribution in [0.3, 0.4) is 0 Å². The Morgan fingerprint density at radius 2 is 2.00 bits per heavy atom. The summed E-state index contributed by atoms with van der Waals surface area (Å²) in [5.41, 5.74) is -0.0836. The number of ether oxygens (including phenoxy) is 1. The number of nitrogens with one attached hydrogen (secondary N) is 1. The van der Waals surface area contributed by atoms with E-state index in [4.69, 9.17) is 5.11 Å². The highest BCUT2D eigenvalue weighted by Crippen LogP contribution is 2.26. The van der Waals surface area contributed by atoms with Gasteiger partial charge in [-0.25, -0.2) is 4.79 Å². The fraction of sp³-hybridized carbons (Fsp3) is 0.333. The lowest BCUT2D eigenvalue weighted by molar-refractivity contribution is -0.174. The van der Waals surface area contributed by atoms with Gasteiger partial charge in [-0.15, -0.1) is 0 Å². The third-order valence-electron chi connectivity index (χ3n) is 2.25. The Labute approximate surface area is 126 Å². The summed E-state index contributed by atoms with van der Waals surface area (Å²) in [5.74, 6) is -1.88. The Morgan fingerprint density at radius 3 is 2.57 bits per heavy atom. The van der Waals surface area contributed by atoms with Crippen LogP contribution in [-0.2, 0) is 9.53 Å². The summed E-state index contributed by atoms with van der Waals surface area (Å²) in [7, 11) is 0. The molecule has 1 aromatic rings. The maximum absolute atomic E-state index is 11.8. The van der Waals surface area contributed by atoms with E-state index in [0.717, 1.165) is 0 Å². The van der Waals surface area contributed by atoms with Crippen LogP contribution in [0.5, 0.6) is 0 Å². The van der Waals surface area contributed by atoms with Gasteiger partial charge in [-0.05, 0) is 28.1 Å². The van der Waals surface area contributed by atoms with Crippen LogP contribution in [0, 0.1) is 0 Å². The van der Waals surface area contributed by atoms with E-state index in [0.29, 0.717) is 4.47 Å². The van der Waals surface area contributed by atoms with E-state index in [1.165, 1.54) is 18.2 Å². The minimum absolute atomic E-state index is 0.0471. The van der Waals surface area contributed by atoms with E-state index < -0.39 is 31.3 Å². The van der Waals surface area contributed by atoms with Crippen LogP contribution >= 0.6 is 15.9 Å². The number of hydrogen-bond donors (Lipinski definition) is 2. The van der Waals surface area contributed by atoms with Crippen molar-refractivity contribution in [2.24, 2.45) is 0 Å². The van der Waals surface area contributed by atoms with Crippen LogP contribution in [0.25, 0.3) is 0 Å². The fourth-order valence-electron chi connectivity index (χ4n) is 1.38. The molecule has 0 radical (unpaired) electrons. The molecule has 0 fully saturated rings. The van der Waals surface area contributed by atoms with Crippen LogP contribution in [-0.4, -0.2) is 36.4 Å². The molecular formula is C12H11BrF3NO4. The van der Waals surface area contributed by atoms with Crippen LogP contribution in [0.4, 0.5) is 18.9 Å². The molecule has 5 nitrogen and oxygen atoms in total. The molecule has 2 N–H and O–H groups in total. The molecule has 0 aliphatic rings. The zero-order valence-electron chi connectivity index (χ0n) is 10.5. The number of halogens is 4. The first-order chi connectivity index (χ1) is 9.70. The standard InChI is InChI=1S/C12H11BrF3NO4/c13-8-3-1-2-7(11(19)20)10(8)17-9(18)4-5-21-6-12(14,15)16/h1-3H,4-6H2,(H,17,18)(H,19,20). The van der Waals surface area contributed by atoms with Gasteiger partial charge in [0.2, 0.25) is 5.91 Å². The third kappa shape index (κ3) is 6.13. The quantitative estimate of drug-likeness (QED) is 0.755. The molecule has 0 aliphatic carbocycles. The van der Waals surface area contributed by atoms with Crippen molar-refractivity contribution in [3.8, 4) is 0 Å². The van der Waals surface area contributed by atoms with Gasteiger partial charge in [-0.1, -0.05) is 6.07 Å². The molecule has 0 saturated heterocycles. The summed E-state index contributed by atoms with van der Waals surface area (Å²) >= 11 is 3.09. The number of carboxylic acid groups (broad SMARTS) is 1. The van der Waals surface area contributed by atoms with Gasteiger partial charge in [-0.2, -0.15) is 13.2 Å². The summed E-state index contributed by atoms with van der Waals surface area (Å²) in [6.45, 7) is -1.85. The Morgan fingerprint density at radius 1 is 1.33 bits per heavy atom. The number of amides is 1. The lowest BCUT2D eigenvalue weighted by Crippen LogP contribution is -2.21. The van der Waals surface area contributed by atoms with E-state index in [1.54, 1.807) is 0 Å². The Balaban J connectivity index is 2.58. The molecular weight excluding hydrogens is 359 g/mol. The lowest BCUT2D eigenvalue weighted by atomic mass is 10.2. The number of anilines is 1. The summed E-state index contributed by atoms with van der Waals surface area (Å²) < 4.78 is 40.1. The molecule has 0 unspecified atom stereocenters. The highest BCUT2D eigenvalue weighted by atomic mass is 79.9. The highest BCUT2D eigenvalue weighted by Gasteiger charge is 2.27. The van der Waals surface area contributed by atoms with Crippen molar-refractivity contribution in [1.29, 1.82) is 0 Å². The van der Waals surface area contributed by atoms with E-state index in [2.05, 4.69) is 26.0 Å². The molecule has 0 atom stereocenters. The minimum Gasteiger partial charge on any atom is -0.478 e. The largest absolute Gasteiger partial charge is 0.478 e. The summed E-state index contributed by atoms with van der Waals surface area (Å²) in [6, 6.07) is 4.31. The molecule has 21 heavy (non-hydrogen) atoms. The van der Waals surface area contributed by atoms with Gasteiger partial charge in [0.15, 0.2) is 0 Å². The van der Waals surface area contributed by atoms with Crippen molar-refractivity contribution < 1.29 is 32.6 Å². The van der Waals surface area contributed by atoms with Gasteiger partial charge in [0.25, 0.3) is 0 Å². The average molecular weight is 370 g/mol. The van der Waals surface area contributed by atoms with Crippen molar-refractivity contribution in [3.63, 3.8) is 0 Å². The van der Waals surface area contributed by atoms with Crippen molar-refractivity contribution >= 4 is 33.5 Å². The molecule has 1 aromatic carbocycles. The van der Waals surface area contributed by atoms with Gasteiger partial charge in [0.1, 0.15) is 6.61 Å². The van der Waals surface area contributed by atoms with Crippen LogP contribution < -0.4 is 5.32 Å². The Bertz CT molecular complexity index is 534. The molecule has 0 aliphatic heterocycles. The van der Waals surface area contributed by atoms with Crippen molar-refractivity contribution in [1.82, 2.24) is 0 Å². The monoisotopic (exact) mass is 369 g/mol. The van der Waals surface area contributed by atoms with Gasteiger partial charge in [0.05, 0.1) is 24.3 Å². The first-order valence-corrected chi connectivity index (χ1v) is 6.46. The van der Waals surface area contributed by atoms with Gasteiger partial charge < -0.3 is 15.2 Å². The molecule has 1 amide bonds. The number of carboxylic acids is 1. The number of rotatable bonds is 6. The molecule has 0 aromatic heterocycles. The highest BCUT2D eigenvalue weighted by molar-refractivity contribution is 9.10. The smallest absolute Gasteiger partial charge is 0.411 e. The third-order valence-corrected chi connectivity index (χ3v) is 2.91. The Kier molecular flexibility index (Phi) is 6.16. The Hall–Kier alpha value is -1.61. The first-order valence-electron chi connectivity index (χ1n) is 5.67. The second-order valence-corrected chi connectivity index (χ2v) is 4.79. The molecule has 0 spiro atoms. The topological polar surface area (TPSA) is 75.6 Å². The summed E-state index contributed by atoms with van der Waals surface area (Å²) in [5, 5.41) is 11.3. The second-order valence-electron chi connectivity index (χ2n) is 3.93. The van der Waals surface area contributed by atoms with Crippen LogP contribution in [0.15, 0.2) is 22.7 Å². The number of carbonyl (C=O) groups is 2. The number of alkyl halides is 3. The normalized spacial score (nSPS) is 11.2. The number of benzene rings is 1. The van der Waals surface area contributed by atoms with Gasteiger partial charge in [-0.3, -0.25) is 4.79 Å². The fourth-order valence-corrected chi connectivity index (χ4v) is 1.85. The van der Waals surface area contributed by atoms with E-state index in [1.807, 2.05) is 0 Å². The van der Waals surface area contributed by atoms with E-state index >= 15 is 0 Å². The van der Waals surface area contributed by atoms with Crippen LogP contribution in [0.1, 0.15) is 16.8 Å². The van der Waals surface area contributed by atoms with Gasteiger partial charge >= 0.3 is 12.1 Å². The summed E-state index contributed by atoms with van der Waals surface area (Å²) in [6.07, 6.45) is -4.77. The van der Waals surface area contributed by atoms with Crippen LogP contribution in [0.2, 0.25) is 0 Å². The number of carbonyl (C=O) groups excluding carboxylic acids is 1. The SMILES string of the molecule is O=C(CCOCC(F)(F)F)Nc1c(Br)cccc1C(=O)O. The number of aromatic carboxylic acids is 1. The molecule has 9 heteroatoms.